The molecular formula is C49H93NO13. The largest absolute Gasteiger partial charge is 0.394 e. The van der Waals surface area contributed by atoms with Gasteiger partial charge >= 0.3 is 0 Å². The number of aliphatic hydroxyl groups is 8. The van der Waals surface area contributed by atoms with Crippen LogP contribution in [0.25, 0.3) is 0 Å². The quantitative estimate of drug-likeness (QED) is 0.0241. The first-order valence-corrected chi connectivity index (χ1v) is 25.4. The number of carbonyl (C=O) groups is 1. The van der Waals surface area contributed by atoms with Gasteiger partial charge in [-0.15, -0.1) is 0 Å². The van der Waals surface area contributed by atoms with Crippen molar-refractivity contribution in [1.82, 2.24) is 5.32 Å². The molecule has 0 aromatic rings. The molecule has 0 spiro atoms. The molecule has 372 valence electrons. The summed E-state index contributed by atoms with van der Waals surface area (Å²) < 4.78 is 22.7. The number of nitrogens with one attached hydrogen (secondary N) is 1. The molecule has 1 amide bonds. The van der Waals surface area contributed by atoms with Gasteiger partial charge in [0.2, 0.25) is 5.91 Å². The highest BCUT2D eigenvalue weighted by atomic mass is 16.7. The van der Waals surface area contributed by atoms with Gasteiger partial charge in [-0.2, -0.15) is 0 Å². The van der Waals surface area contributed by atoms with Gasteiger partial charge in [-0.25, -0.2) is 0 Å². The van der Waals surface area contributed by atoms with Gasteiger partial charge in [0.15, 0.2) is 12.6 Å². The lowest BCUT2D eigenvalue weighted by atomic mass is 9.97. The third kappa shape index (κ3) is 24.4. The molecule has 2 saturated heterocycles. The van der Waals surface area contributed by atoms with Gasteiger partial charge in [-0.1, -0.05) is 167 Å². The van der Waals surface area contributed by atoms with E-state index in [0.29, 0.717) is 12.8 Å². The molecule has 0 bridgehead atoms. The molecular weight excluding hydrogens is 811 g/mol. The highest BCUT2D eigenvalue weighted by Gasteiger charge is 2.51. The van der Waals surface area contributed by atoms with Gasteiger partial charge in [0.25, 0.3) is 0 Å². The minimum Gasteiger partial charge on any atom is -0.394 e. The predicted molar refractivity (Wildman–Crippen MR) is 245 cm³/mol. The molecule has 12 unspecified atom stereocenters. The van der Waals surface area contributed by atoms with Crippen molar-refractivity contribution in [2.75, 3.05) is 19.8 Å². The van der Waals surface area contributed by atoms with Crippen LogP contribution in [0.5, 0.6) is 0 Å². The summed E-state index contributed by atoms with van der Waals surface area (Å²) in [7, 11) is 0. The van der Waals surface area contributed by atoms with Gasteiger partial charge in [-0.3, -0.25) is 4.79 Å². The van der Waals surface area contributed by atoms with E-state index in [4.69, 9.17) is 18.9 Å². The van der Waals surface area contributed by atoms with Crippen molar-refractivity contribution in [3.8, 4) is 0 Å². The molecule has 2 rings (SSSR count). The highest BCUT2D eigenvalue weighted by molar-refractivity contribution is 5.76. The molecule has 0 saturated carbocycles. The standard InChI is InChI=1S/C49H93NO13/c1-3-5-7-9-11-13-15-17-18-19-20-21-23-25-27-29-31-33-41(54)50-37(38(53)32-30-28-26-24-22-16-14-12-10-8-6-4-2)36-60-48-46(59)44(57)47(40(35-52)62-48)63-49-45(58)43(56)42(55)39(34-51)61-49/h17-18,37-40,42-49,51-53,55-59H,3-16,19-36H2,1-2H3,(H,50,54)/b18-17-. The molecule has 14 heteroatoms. The molecule has 2 heterocycles. The molecule has 2 fully saturated rings. The SMILES string of the molecule is CCCCCCCC/C=C\CCCCCCCCCC(=O)NC(COC1OC(CO)C(OC2OC(CO)C(O)C(O)C2O)C(O)C1O)C(O)CCCCCCCCCCCCCC. The minimum atomic E-state index is -1.78. The Bertz CT molecular complexity index is 1120. The zero-order valence-corrected chi connectivity index (χ0v) is 39.3. The van der Waals surface area contributed by atoms with Gasteiger partial charge < -0.3 is 65.1 Å². The smallest absolute Gasteiger partial charge is 0.220 e. The van der Waals surface area contributed by atoms with E-state index in [0.717, 1.165) is 57.8 Å². The second kappa shape index (κ2) is 36.8. The summed E-state index contributed by atoms with van der Waals surface area (Å²) in [6.07, 6.45) is 20.7. The Balaban J connectivity index is 1.83. The summed E-state index contributed by atoms with van der Waals surface area (Å²) in [6, 6.07) is -0.825. The van der Waals surface area contributed by atoms with Crippen LogP contribution >= 0.6 is 0 Å². The van der Waals surface area contributed by atoms with E-state index < -0.39 is 86.8 Å². The van der Waals surface area contributed by atoms with E-state index in [1.165, 1.54) is 116 Å². The maximum atomic E-state index is 13.2. The van der Waals surface area contributed by atoms with Crippen LogP contribution < -0.4 is 5.32 Å². The van der Waals surface area contributed by atoms with Crippen LogP contribution in [-0.4, -0.2) is 140 Å². The fourth-order valence-electron chi connectivity index (χ4n) is 8.52. The molecule has 2 aliphatic rings. The molecule has 0 radical (unpaired) electrons. The number of hydrogen-bond acceptors (Lipinski definition) is 13. The Hall–Kier alpha value is -1.27. The van der Waals surface area contributed by atoms with E-state index in [2.05, 4.69) is 31.3 Å². The van der Waals surface area contributed by atoms with Crippen LogP contribution in [0.2, 0.25) is 0 Å². The number of ether oxygens (including phenoxy) is 4. The number of allylic oxidation sites excluding steroid dienone is 2. The van der Waals surface area contributed by atoms with E-state index in [1.807, 2.05) is 0 Å². The summed E-state index contributed by atoms with van der Waals surface area (Å²) in [5.74, 6) is -0.212. The molecule has 63 heavy (non-hydrogen) atoms. The van der Waals surface area contributed by atoms with Crippen molar-refractivity contribution in [3.63, 3.8) is 0 Å². The van der Waals surface area contributed by atoms with Gasteiger partial charge in [-0.05, 0) is 38.5 Å². The number of carbonyl (C=O) groups excluding carboxylic acids is 1. The average molecular weight is 904 g/mol. The lowest BCUT2D eigenvalue weighted by molar-refractivity contribution is -0.359. The fraction of sp³-hybridized carbons (Fsp3) is 0.939. The molecule has 9 N–H and O–H groups in total. The third-order valence-electron chi connectivity index (χ3n) is 12.7. The van der Waals surface area contributed by atoms with Crippen molar-refractivity contribution in [1.29, 1.82) is 0 Å². The molecule has 0 aromatic heterocycles. The minimum absolute atomic E-state index is 0.212. The van der Waals surface area contributed by atoms with E-state index in [1.54, 1.807) is 0 Å². The Labute approximate surface area is 380 Å². The maximum Gasteiger partial charge on any atom is 0.220 e. The number of rotatable bonds is 39. The first-order chi connectivity index (χ1) is 30.6. The number of amides is 1. The zero-order valence-electron chi connectivity index (χ0n) is 39.3. The van der Waals surface area contributed by atoms with E-state index in [9.17, 15) is 45.6 Å². The zero-order chi connectivity index (χ0) is 46.1. The van der Waals surface area contributed by atoms with Crippen molar-refractivity contribution >= 4 is 5.91 Å². The van der Waals surface area contributed by atoms with Gasteiger partial charge in [0.05, 0.1) is 32.0 Å². The van der Waals surface area contributed by atoms with Gasteiger partial charge in [0.1, 0.15) is 48.8 Å². The van der Waals surface area contributed by atoms with E-state index >= 15 is 0 Å². The lowest BCUT2D eigenvalue weighted by Gasteiger charge is -2.46. The van der Waals surface area contributed by atoms with Crippen molar-refractivity contribution < 1.29 is 64.6 Å². The Kier molecular flexibility index (Phi) is 33.8. The Morgan fingerprint density at radius 3 is 1.51 bits per heavy atom. The average Bonchev–Trinajstić information content (AvgIpc) is 3.28. The highest BCUT2D eigenvalue weighted by Crippen LogP contribution is 2.30. The van der Waals surface area contributed by atoms with Crippen LogP contribution in [0.1, 0.15) is 200 Å². The molecule has 12 atom stereocenters. The molecule has 0 aromatic carbocycles. The number of aliphatic hydroxyl groups excluding tert-OH is 8. The topological polar surface area (TPSA) is 228 Å². The summed E-state index contributed by atoms with van der Waals surface area (Å²) in [5.41, 5.74) is 0. The summed E-state index contributed by atoms with van der Waals surface area (Å²) in [4.78, 5) is 13.2. The molecule has 0 aliphatic carbocycles. The molecule has 14 nitrogen and oxygen atoms in total. The summed E-state index contributed by atoms with van der Waals surface area (Å²) >= 11 is 0. The van der Waals surface area contributed by atoms with Crippen molar-refractivity contribution in [2.24, 2.45) is 0 Å². The number of hydrogen-bond donors (Lipinski definition) is 9. The predicted octanol–water partition coefficient (Wildman–Crippen LogP) is 6.38. The van der Waals surface area contributed by atoms with Gasteiger partial charge in [0, 0.05) is 6.42 Å². The number of unbranched alkanes of at least 4 members (excludes halogenated alkanes) is 24. The third-order valence-corrected chi connectivity index (χ3v) is 12.7. The summed E-state index contributed by atoms with van der Waals surface area (Å²) in [5, 5.41) is 86.8. The van der Waals surface area contributed by atoms with Crippen LogP contribution in [0.3, 0.4) is 0 Å². The van der Waals surface area contributed by atoms with Crippen LogP contribution in [0, 0.1) is 0 Å². The second-order valence-corrected chi connectivity index (χ2v) is 18.3. The molecule has 2 aliphatic heterocycles. The first-order valence-electron chi connectivity index (χ1n) is 25.4. The van der Waals surface area contributed by atoms with Crippen LogP contribution in [0.15, 0.2) is 12.2 Å². The second-order valence-electron chi connectivity index (χ2n) is 18.3. The normalized spacial score (nSPS) is 27.5. The van der Waals surface area contributed by atoms with Crippen molar-refractivity contribution in [2.45, 2.75) is 274 Å². The van der Waals surface area contributed by atoms with E-state index in [-0.39, 0.29) is 12.5 Å². The fourth-order valence-corrected chi connectivity index (χ4v) is 8.52. The first kappa shape index (κ1) is 57.9. The van der Waals surface area contributed by atoms with Crippen LogP contribution in [0.4, 0.5) is 0 Å². The lowest BCUT2D eigenvalue weighted by Crippen LogP contribution is -2.65. The van der Waals surface area contributed by atoms with Crippen molar-refractivity contribution in [3.05, 3.63) is 12.2 Å². The van der Waals surface area contributed by atoms with Crippen LogP contribution in [-0.2, 0) is 23.7 Å². The monoisotopic (exact) mass is 904 g/mol. The maximum absolute atomic E-state index is 13.2. The summed E-state index contributed by atoms with van der Waals surface area (Å²) in [6.45, 7) is 2.83. The Morgan fingerprint density at radius 1 is 0.556 bits per heavy atom. The Morgan fingerprint density at radius 2 is 1.00 bits per heavy atom.